The van der Waals surface area contributed by atoms with Crippen LogP contribution in [0.2, 0.25) is 0 Å². The standard InChI is InChI=1S/C48H54N8O8/c1-29-23-39(55(27-29)45(57)41(53-47(59)61-3)35-15-19-63-20-16-35)43-49-25-37(51-43)33-11-7-31(8-12-33)5-6-32-9-13-34(14-10-32)38-26-50-44(52-38)40-24-30(2)28-56(40)46(58)42(54-48(60)62-4)36-17-21-64-22-18-36/h7-14,23-26,35-36,39-42H,15-22,27-28H2,1-4H3,(H,49,51)(H,50,52)(H,53,59)(H,54,60). The van der Waals surface area contributed by atoms with E-state index >= 15 is 0 Å². The molecule has 0 aliphatic carbocycles. The number of rotatable bonds is 10. The number of carbonyl (C=O) groups is 4. The zero-order valence-corrected chi connectivity index (χ0v) is 36.5. The Hall–Kier alpha value is -6.70. The molecule has 4 amide bonds. The van der Waals surface area contributed by atoms with Crippen LogP contribution in [0.5, 0.6) is 0 Å². The number of ether oxygens (including phenoxy) is 4. The maximum atomic E-state index is 14.1. The number of methoxy groups -OCH3 is 2. The van der Waals surface area contributed by atoms with Crippen LogP contribution in [0.1, 0.15) is 74.4 Å². The molecule has 0 bridgehead atoms. The Morgan fingerprint density at radius 2 is 1.02 bits per heavy atom. The van der Waals surface area contributed by atoms with Gasteiger partial charge in [-0.3, -0.25) is 9.59 Å². The number of hydrogen-bond acceptors (Lipinski definition) is 10. The smallest absolute Gasteiger partial charge is 0.407 e. The number of benzene rings is 2. The molecule has 6 heterocycles. The molecule has 334 valence electrons. The van der Waals surface area contributed by atoms with Crippen molar-refractivity contribution in [2.75, 3.05) is 53.7 Å². The second-order valence-electron chi connectivity index (χ2n) is 16.7. The van der Waals surface area contributed by atoms with Crippen LogP contribution < -0.4 is 10.6 Å². The first-order chi connectivity index (χ1) is 31.1. The summed E-state index contributed by atoms with van der Waals surface area (Å²) in [5.74, 6) is 7.29. The summed E-state index contributed by atoms with van der Waals surface area (Å²) in [5, 5.41) is 5.59. The second-order valence-corrected chi connectivity index (χ2v) is 16.7. The van der Waals surface area contributed by atoms with E-state index in [4.69, 9.17) is 18.9 Å². The predicted octanol–water partition coefficient (Wildman–Crippen LogP) is 5.83. The Kier molecular flexibility index (Phi) is 13.6. The molecule has 16 heteroatoms. The highest BCUT2D eigenvalue weighted by Gasteiger charge is 2.41. The van der Waals surface area contributed by atoms with Crippen molar-refractivity contribution in [2.45, 2.75) is 63.7 Å². The van der Waals surface area contributed by atoms with Crippen molar-refractivity contribution >= 4 is 24.0 Å². The van der Waals surface area contributed by atoms with E-state index in [2.05, 4.69) is 42.4 Å². The number of aromatic amines is 2. The molecule has 0 radical (unpaired) electrons. The van der Waals surface area contributed by atoms with Gasteiger partial charge in [0.1, 0.15) is 35.8 Å². The molecular weight excluding hydrogens is 817 g/mol. The quantitative estimate of drug-likeness (QED) is 0.111. The molecule has 4 unspecified atom stereocenters. The fourth-order valence-corrected chi connectivity index (χ4v) is 8.91. The number of amides is 4. The summed E-state index contributed by atoms with van der Waals surface area (Å²) in [7, 11) is 2.59. The summed E-state index contributed by atoms with van der Waals surface area (Å²) in [6.07, 6.45) is 8.98. The summed E-state index contributed by atoms with van der Waals surface area (Å²) in [6, 6.07) is 13.5. The third-order valence-electron chi connectivity index (χ3n) is 12.4. The van der Waals surface area contributed by atoms with Crippen molar-refractivity contribution in [2.24, 2.45) is 11.8 Å². The molecule has 2 aromatic heterocycles. The summed E-state index contributed by atoms with van der Waals surface area (Å²) >= 11 is 0. The SMILES string of the molecule is COC(=O)NC(C(=O)N1CC(C)=CC1c1ncc(-c2ccc(C#Cc3ccc(-c4cnc(C5C=C(C)CN5C(=O)C(NC(=O)OC)C5CCOCC5)[nH]4)cc3)cc2)[nH]1)C1CCOCC1. The molecule has 8 rings (SSSR count). The molecule has 2 aromatic carbocycles. The molecule has 4 aromatic rings. The van der Waals surface area contributed by atoms with E-state index in [1.165, 1.54) is 14.2 Å². The summed E-state index contributed by atoms with van der Waals surface area (Å²) in [5.41, 5.74) is 7.21. The third-order valence-corrected chi connectivity index (χ3v) is 12.4. The van der Waals surface area contributed by atoms with Crippen LogP contribution >= 0.6 is 0 Å². The number of H-pyrrole nitrogens is 2. The fourth-order valence-electron chi connectivity index (χ4n) is 8.91. The molecule has 4 aliphatic rings. The van der Waals surface area contributed by atoms with Gasteiger partial charge in [0.05, 0.1) is 38.0 Å². The van der Waals surface area contributed by atoms with Crippen molar-refractivity contribution in [3.63, 3.8) is 0 Å². The summed E-state index contributed by atoms with van der Waals surface area (Å²) in [4.78, 5) is 72.4. The van der Waals surface area contributed by atoms with Crippen LogP contribution in [0, 0.1) is 23.7 Å². The lowest BCUT2D eigenvalue weighted by molar-refractivity contribution is -0.137. The number of alkyl carbamates (subject to hydrolysis) is 2. The van der Waals surface area contributed by atoms with Gasteiger partial charge in [-0.15, -0.1) is 0 Å². The average molecular weight is 871 g/mol. The van der Waals surface area contributed by atoms with E-state index in [0.717, 1.165) is 44.8 Å². The highest BCUT2D eigenvalue weighted by atomic mass is 16.5. The topological polar surface area (TPSA) is 193 Å². The molecule has 2 saturated heterocycles. The lowest BCUT2D eigenvalue weighted by Gasteiger charge is -2.34. The Labute approximate surface area is 372 Å². The van der Waals surface area contributed by atoms with Gasteiger partial charge in [-0.05, 0) is 86.8 Å². The molecule has 64 heavy (non-hydrogen) atoms. The van der Waals surface area contributed by atoms with E-state index in [-0.39, 0.29) is 23.7 Å². The van der Waals surface area contributed by atoms with Gasteiger partial charge >= 0.3 is 12.2 Å². The van der Waals surface area contributed by atoms with Gasteiger partial charge in [0.25, 0.3) is 0 Å². The first-order valence-electron chi connectivity index (χ1n) is 21.7. The minimum absolute atomic E-state index is 0.0649. The van der Waals surface area contributed by atoms with Crippen LogP contribution in [0.25, 0.3) is 22.5 Å². The largest absolute Gasteiger partial charge is 0.453 e. The summed E-state index contributed by atoms with van der Waals surface area (Å²) in [6.45, 7) is 6.98. The van der Waals surface area contributed by atoms with Crippen LogP contribution in [0.4, 0.5) is 9.59 Å². The van der Waals surface area contributed by atoms with Crippen molar-refractivity contribution in [1.29, 1.82) is 0 Å². The lowest BCUT2D eigenvalue weighted by Crippen LogP contribution is -2.53. The number of nitrogens with zero attached hydrogens (tertiary/aromatic N) is 4. The van der Waals surface area contributed by atoms with E-state index in [0.29, 0.717) is 76.8 Å². The Bertz CT molecular complexity index is 2280. The van der Waals surface area contributed by atoms with E-state index in [1.807, 2.05) is 74.5 Å². The fraction of sp³-hybridized carbons (Fsp3) is 0.417. The minimum atomic E-state index is -0.735. The molecule has 4 aliphatic heterocycles. The van der Waals surface area contributed by atoms with Crippen molar-refractivity contribution in [1.82, 2.24) is 40.4 Å². The number of imidazole rings is 2. The molecule has 16 nitrogen and oxygen atoms in total. The van der Waals surface area contributed by atoms with Crippen LogP contribution in [0.15, 0.2) is 84.2 Å². The van der Waals surface area contributed by atoms with E-state index in [9.17, 15) is 19.2 Å². The number of aromatic nitrogens is 4. The number of nitrogens with one attached hydrogen (secondary N) is 4. The first kappa shape index (κ1) is 43.9. The normalized spacial score (nSPS) is 20.1. The van der Waals surface area contributed by atoms with Gasteiger partial charge in [0.2, 0.25) is 11.8 Å². The van der Waals surface area contributed by atoms with Crippen molar-refractivity contribution < 1.29 is 38.1 Å². The lowest BCUT2D eigenvalue weighted by atomic mass is 9.90. The van der Waals surface area contributed by atoms with Gasteiger partial charge in [-0.1, -0.05) is 59.4 Å². The Morgan fingerprint density at radius 3 is 1.38 bits per heavy atom. The van der Waals surface area contributed by atoms with E-state index in [1.54, 1.807) is 22.2 Å². The summed E-state index contributed by atoms with van der Waals surface area (Å²) < 4.78 is 20.8. The van der Waals surface area contributed by atoms with Crippen molar-refractivity contribution in [3.8, 4) is 34.4 Å². The molecule has 2 fully saturated rings. The minimum Gasteiger partial charge on any atom is -0.453 e. The zero-order valence-electron chi connectivity index (χ0n) is 36.5. The van der Waals surface area contributed by atoms with Crippen LogP contribution in [0.3, 0.4) is 0 Å². The first-order valence-corrected chi connectivity index (χ1v) is 21.7. The number of hydrogen-bond donors (Lipinski definition) is 4. The highest BCUT2D eigenvalue weighted by molar-refractivity contribution is 5.88. The second kappa shape index (κ2) is 19.8. The number of carbonyl (C=O) groups excluding carboxylic acids is 4. The zero-order chi connectivity index (χ0) is 44.7. The molecule has 0 saturated carbocycles. The van der Waals surface area contributed by atoms with Gasteiger partial charge in [-0.25, -0.2) is 19.6 Å². The highest BCUT2D eigenvalue weighted by Crippen LogP contribution is 2.34. The molecular formula is C48H54N8O8. The molecule has 4 atom stereocenters. The van der Waals surface area contributed by atoms with Gasteiger partial charge in [0.15, 0.2) is 0 Å². The average Bonchev–Trinajstić information content (AvgIpc) is 4.17. The van der Waals surface area contributed by atoms with Gasteiger partial charge in [-0.2, -0.15) is 0 Å². The Morgan fingerprint density at radius 1 is 0.641 bits per heavy atom. The van der Waals surface area contributed by atoms with E-state index < -0.39 is 36.4 Å². The van der Waals surface area contributed by atoms with Gasteiger partial charge < -0.3 is 49.3 Å². The maximum absolute atomic E-state index is 14.1. The third kappa shape index (κ3) is 9.91. The van der Waals surface area contributed by atoms with Gasteiger partial charge in [0, 0.05) is 50.6 Å². The molecule has 0 spiro atoms. The maximum Gasteiger partial charge on any atom is 0.407 e. The monoisotopic (exact) mass is 870 g/mol. The van der Waals surface area contributed by atoms with Crippen molar-refractivity contribution in [3.05, 3.63) is 107 Å². The van der Waals surface area contributed by atoms with Crippen LogP contribution in [-0.4, -0.2) is 120 Å². The molecule has 4 N–H and O–H groups in total. The Balaban J connectivity index is 0.908. The predicted molar refractivity (Wildman–Crippen MR) is 236 cm³/mol. The van der Waals surface area contributed by atoms with Crippen LogP contribution in [-0.2, 0) is 28.5 Å².